The van der Waals surface area contributed by atoms with Crippen LogP contribution in [0.15, 0.2) is 18.2 Å². The third kappa shape index (κ3) is 5.80. The molecule has 142 valence electrons. The minimum atomic E-state index is -4.68. The van der Waals surface area contributed by atoms with Gasteiger partial charge < -0.3 is 9.64 Å². The maximum atomic E-state index is 12.9. The van der Waals surface area contributed by atoms with E-state index < -0.39 is 6.36 Å². The molecule has 0 radical (unpaired) electrons. The van der Waals surface area contributed by atoms with Crippen molar-refractivity contribution in [2.45, 2.75) is 46.4 Å². The van der Waals surface area contributed by atoms with Gasteiger partial charge in [0.15, 0.2) is 5.75 Å². The maximum Gasteiger partial charge on any atom is 0.573 e. The molecule has 1 saturated heterocycles. The topological polar surface area (TPSA) is 15.7 Å². The second kappa shape index (κ2) is 8.30. The predicted molar refractivity (Wildman–Crippen MR) is 95.3 cm³/mol. The Bertz CT molecular complexity index is 550. The summed E-state index contributed by atoms with van der Waals surface area (Å²) in [5.74, 6) is 0.581. The molecule has 0 unspecified atom stereocenters. The number of anilines is 1. The molecule has 0 bridgehead atoms. The van der Waals surface area contributed by atoms with Crippen LogP contribution in [0.2, 0.25) is 0 Å². The summed E-state index contributed by atoms with van der Waals surface area (Å²) in [5, 5.41) is 0. The average Bonchev–Trinajstić information content (AvgIpc) is 2.52. The third-order valence-corrected chi connectivity index (χ3v) is 4.60. The van der Waals surface area contributed by atoms with Crippen LogP contribution in [0.1, 0.15) is 45.6 Å². The molecule has 0 N–H and O–H groups in total. The smallest absolute Gasteiger partial charge is 0.403 e. The van der Waals surface area contributed by atoms with Crippen molar-refractivity contribution in [2.75, 3.05) is 37.6 Å². The lowest BCUT2D eigenvalue weighted by Gasteiger charge is -2.37. The maximum absolute atomic E-state index is 12.9. The van der Waals surface area contributed by atoms with Gasteiger partial charge in [-0.25, -0.2) is 0 Å². The summed E-state index contributed by atoms with van der Waals surface area (Å²) in [6, 6.07) is 5.27. The van der Waals surface area contributed by atoms with Crippen molar-refractivity contribution < 1.29 is 17.9 Å². The van der Waals surface area contributed by atoms with Crippen molar-refractivity contribution in [1.82, 2.24) is 4.90 Å². The molecular formula is C19H29F3N2O. The summed E-state index contributed by atoms with van der Waals surface area (Å²) in [7, 11) is 0. The summed E-state index contributed by atoms with van der Waals surface area (Å²) in [4.78, 5) is 4.39. The van der Waals surface area contributed by atoms with E-state index >= 15 is 0 Å². The molecule has 0 amide bonds. The Morgan fingerprint density at radius 2 is 1.68 bits per heavy atom. The molecule has 6 heteroatoms. The number of alkyl halides is 3. The minimum absolute atomic E-state index is 0.0374. The van der Waals surface area contributed by atoms with E-state index in [1.54, 1.807) is 12.1 Å². The Balaban J connectivity index is 2.15. The molecule has 1 aliphatic rings. The highest BCUT2D eigenvalue weighted by atomic mass is 19.4. The number of para-hydroxylation sites is 1. The van der Waals surface area contributed by atoms with E-state index in [1.807, 2.05) is 24.8 Å². The number of ether oxygens (including phenoxy) is 1. The van der Waals surface area contributed by atoms with Crippen LogP contribution in [-0.4, -0.2) is 44.0 Å². The van der Waals surface area contributed by atoms with Crippen molar-refractivity contribution in [1.29, 1.82) is 0 Å². The van der Waals surface area contributed by atoms with E-state index in [1.165, 1.54) is 0 Å². The molecule has 1 fully saturated rings. The van der Waals surface area contributed by atoms with Gasteiger partial charge in [-0.05, 0) is 36.4 Å². The summed E-state index contributed by atoms with van der Waals surface area (Å²) >= 11 is 0. The largest absolute Gasteiger partial charge is 0.573 e. The molecule has 1 aromatic rings. The van der Waals surface area contributed by atoms with Gasteiger partial charge in [-0.2, -0.15) is 0 Å². The summed E-state index contributed by atoms with van der Waals surface area (Å²) in [6.45, 7) is 12.4. The van der Waals surface area contributed by atoms with Crippen LogP contribution in [0.4, 0.5) is 18.9 Å². The highest BCUT2D eigenvalue weighted by Crippen LogP contribution is 2.39. The Hall–Kier alpha value is -1.43. The first-order valence-corrected chi connectivity index (χ1v) is 9.03. The molecule has 25 heavy (non-hydrogen) atoms. The quantitative estimate of drug-likeness (QED) is 0.721. The number of halogens is 3. The van der Waals surface area contributed by atoms with Crippen molar-refractivity contribution in [3.8, 4) is 5.75 Å². The lowest BCUT2D eigenvalue weighted by Crippen LogP contribution is -2.47. The second-order valence-electron chi connectivity index (χ2n) is 7.41. The van der Waals surface area contributed by atoms with E-state index in [2.05, 4.69) is 23.5 Å². The van der Waals surface area contributed by atoms with Gasteiger partial charge in [-0.3, -0.25) is 4.90 Å². The SMILES string of the molecule is CC(C)CCN1CCN(c2cccc(C(C)C)c2OC(F)(F)F)CC1. The Labute approximate surface area is 148 Å². The Kier molecular flexibility index (Phi) is 6.60. The predicted octanol–water partition coefficient (Wildman–Crippen LogP) is 4.88. The van der Waals surface area contributed by atoms with Gasteiger partial charge in [0.25, 0.3) is 0 Å². The molecule has 0 atom stereocenters. The van der Waals surface area contributed by atoms with E-state index in [4.69, 9.17) is 0 Å². The van der Waals surface area contributed by atoms with Gasteiger partial charge in [-0.1, -0.05) is 39.8 Å². The van der Waals surface area contributed by atoms with Crippen LogP contribution in [0, 0.1) is 5.92 Å². The zero-order chi connectivity index (χ0) is 18.6. The third-order valence-electron chi connectivity index (χ3n) is 4.60. The number of hydrogen-bond donors (Lipinski definition) is 0. The summed E-state index contributed by atoms with van der Waals surface area (Å²) < 4.78 is 43.2. The fourth-order valence-corrected chi connectivity index (χ4v) is 3.13. The normalized spacial score (nSPS) is 16.8. The van der Waals surface area contributed by atoms with E-state index in [0.29, 0.717) is 30.3 Å². The Morgan fingerprint density at radius 1 is 1.04 bits per heavy atom. The van der Waals surface area contributed by atoms with Gasteiger partial charge in [0.1, 0.15) is 0 Å². The van der Waals surface area contributed by atoms with Crippen LogP contribution in [0.3, 0.4) is 0 Å². The van der Waals surface area contributed by atoms with Gasteiger partial charge >= 0.3 is 6.36 Å². The minimum Gasteiger partial charge on any atom is -0.403 e. The lowest BCUT2D eigenvalue weighted by atomic mass is 10.0. The van der Waals surface area contributed by atoms with Crippen molar-refractivity contribution in [3.63, 3.8) is 0 Å². The highest BCUT2D eigenvalue weighted by Gasteiger charge is 2.34. The number of piperazine rings is 1. The van der Waals surface area contributed by atoms with E-state index in [9.17, 15) is 13.2 Å². The Morgan fingerprint density at radius 3 is 2.20 bits per heavy atom. The van der Waals surface area contributed by atoms with Gasteiger partial charge in [-0.15, -0.1) is 13.2 Å². The fraction of sp³-hybridized carbons (Fsp3) is 0.684. The molecule has 1 aromatic carbocycles. The molecule has 0 aromatic heterocycles. The zero-order valence-electron chi connectivity index (χ0n) is 15.6. The highest BCUT2D eigenvalue weighted by molar-refractivity contribution is 5.63. The standard InChI is InChI=1S/C19H29F3N2O/c1-14(2)8-9-23-10-12-24(13-11-23)17-7-5-6-16(15(3)4)18(17)25-19(20,21)22/h5-7,14-15H,8-13H2,1-4H3. The molecule has 2 rings (SSSR count). The molecule has 1 aliphatic heterocycles. The summed E-state index contributed by atoms with van der Waals surface area (Å²) in [5.41, 5.74) is 1.14. The molecular weight excluding hydrogens is 329 g/mol. The van der Waals surface area contributed by atoms with Crippen molar-refractivity contribution in [3.05, 3.63) is 23.8 Å². The number of benzene rings is 1. The van der Waals surface area contributed by atoms with Gasteiger partial charge in [0.05, 0.1) is 5.69 Å². The molecule has 1 heterocycles. The monoisotopic (exact) mass is 358 g/mol. The second-order valence-corrected chi connectivity index (χ2v) is 7.41. The molecule has 0 aliphatic carbocycles. The number of rotatable bonds is 6. The molecule has 3 nitrogen and oxygen atoms in total. The lowest BCUT2D eigenvalue weighted by molar-refractivity contribution is -0.274. The molecule has 0 saturated carbocycles. The van der Waals surface area contributed by atoms with Gasteiger partial charge in [0.2, 0.25) is 0 Å². The van der Waals surface area contributed by atoms with E-state index in [-0.39, 0.29) is 11.7 Å². The van der Waals surface area contributed by atoms with E-state index in [0.717, 1.165) is 26.1 Å². The van der Waals surface area contributed by atoms with Crippen LogP contribution in [0.5, 0.6) is 5.75 Å². The average molecular weight is 358 g/mol. The van der Waals surface area contributed by atoms with Crippen LogP contribution in [0.25, 0.3) is 0 Å². The first kappa shape index (κ1) is 19.9. The first-order valence-electron chi connectivity index (χ1n) is 9.03. The first-order chi connectivity index (χ1) is 11.7. The number of hydrogen-bond acceptors (Lipinski definition) is 3. The fourth-order valence-electron chi connectivity index (χ4n) is 3.13. The van der Waals surface area contributed by atoms with Crippen LogP contribution < -0.4 is 9.64 Å². The van der Waals surface area contributed by atoms with Gasteiger partial charge in [0, 0.05) is 26.2 Å². The number of nitrogens with zero attached hydrogens (tertiary/aromatic N) is 2. The summed E-state index contributed by atoms with van der Waals surface area (Å²) in [6.07, 6.45) is -3.54. The van der Waals surface area contributed by atoms with Crippen molar-refractivity contribution >= 4 is 5.69 Å². The van der Waals surface area contributed by atoms with Crippen LogP contribution in [-0.2, 0) is 0 Å². The molecule has 0 spiro atoms. The van der Waals surface area contributed by atoms with Crippen molar-refractivity contribution in [2.24, 2.45) is 5.92 Å². The van der Waals surface area contributed by atoms with Crippen LogP contribution >= 0.6 is 0 Å². The zero-order valence-corrected chi connectivity index (χ0v) is 15.6.